The summed E-state index contributed by atoms with van der Waals surface area (Å²) in [5.74, 6) is 0. The molecule has 0 atom stereocenters. The first-order chi connectivity index (χ1) is 10.2. The van der Waals surface area contributed by atoms with Gasteiger partial charge in [-0.1, -0.05) is 35.3 Å². The van der Waals surface area contributed by atoms with Crippen molar-refractivity contribution >= 4 is 28.9 Å². The Morgan fingerprint density at radius 3 is 2.52 bits per heavy atom. The molecule has 2 aromatic carbocycles. The van der Waals surface area contributed by atoms with Gasteiger partial charge in [0.1, 0.15) is 0 Å². The summed E-state index contributed by atoms with van der Waals surface area (Å²) in [7, 11) is 0. The quantitative estimate of drug-likeness (QED) is 0.749. The molecule has 0 fully saturated rings. The number of nitrogens with one attached hydrogen (secondary N) is 1. The van der Waals surface area contributed by atoms with Crippen LogP contribution in [0.1, 0.15) is 5.56 Å². The summed E-state index contributed by atoms with van der Waals surface area (Å²) in [5.41, 5.74) is 3.13. The maximum atomic E-state index is 6.13. The van der Waals surface area contributed by atoms with E-state index in [9.17, 15) is 0 Å². The summed E-state index contributed by atoms with van der Waals surface area (Å²) >= 11 is 12.0. The SMILES string of the molecule is Clc1ccc(NCc2ccc(-n3ccnc3)cc2)c(Cl)c1. The molecule has 1 N–H and O–H groups in total. The molecule has 0 radical (unpaired) electrons. The predicted octanol–water partition coefficient (Wildman–Crippen LogP) is 4.79. The van der Waals surface area contributed by atoms with E-state index in [-0.39, 0.29) is 0 Å². The van der Waals surface area contributed by atoms with Crippen molar-refractivity contribution < 1.29 is 0 Å². The Balaban J connectivity index is 1.68. The molecule has 3 aromatic rings. The number of halogens is 2. The van der Waals surface area contributed by atoms with E-state index < -0.39 is 0 Å². The van der Waals surface area contributed by atoms with Crippen LogP contribution < -0.4 is 5.32 Å². The van der Waals surface area contributed by atoms with E-state index in [0.717, 1.165) is 11.4 Å². The molecule has 1 aromatic heterocycles. The van der Waals surface area contributed by atoms with Crippen LogP contribution in [0.3, 0.4) is 0 Å². The Kier molecular flexibility index (Phi) is 4.13. The Bertz CT molecular complexity index is 722. The second kappa shape index (κ2) is 6.20. The van der Waals surface area contributed by atoms with E-state index in [1.54, 1.807) is 18.6 Å². The molecule has 0 amide bonds. The molecular formula is C16H13Cl2N3. The zero-order valence-electron chi connectivity index (χ0n) is 11.1. The highest BCUT2D eigenvalue weighted by atomic mass is 35.5. The Morgan fingerprint density at radius 1 is 1.05 bits per heavy atom. The van der Waals surface area contributed by atoms with Gasteiger partial charge < -0.3 is 9.88 Å². The summed E-state index contributed by atoms with van der Waals surface area (Å²) in [6.45, 7) is 0.700. The van der Waals surface area contributed by atoms with Crippen LogP contribution in [0.25, 0.3) is 5.69 Å². The number of hydrogen-bond donors (Lipinski definition) is 1. The lowest BCUT2D eigenvalue weighted by Crippen LogP contribution is -2.00. The number of aromatic nitrogens is 2. The van der Waals surface area contributed by atoms with Gasteiger partial charge in [-0.25, -0.2) is 4.98 Å². The van der Waals surface area contributed by atoms with Gasteiger partial charge in [-0.05, 0) is 35.9 Å². The van der Waals surface area contributed by atoms with Crippen molar-refractivity contribution in [2.24, 2.45) is 0 Å². The zero-order valence-corrected chi connectivity index (χ0v) is 12.6. The Morgan fingerprint density at radius 2 is 1.86 bits per heavy atom. The van der Waals surface area contributed by atoms with Crippen molar-refractivity contribution in [3.05, 3.63) is 76.8 Å². The van der Waals surface area contributed by atoms with Crippen molar-refractivity contribution in [1.29, 1.82) is 0 Å². The second-order valence-corrected chi connectivity index (χ2v) is 5.46. The van der Waals surface area contributed by atoms with E-state index >= 15 is 0 Å². The fourth-order valence-electron chi connectivity index (χ4n) is 2.03. The van der Waals surface area contributed by atoms with Gasteiger partial charge >= 0.3 is 0 Å². The minimum Gasteiger partial charge on any atom is -0.380 e. The number of nitrogens with zero attached hydrogens (tertiary/aromatic N) is 2. The van der Waals surface area contributed by atoms with Gasteiger partial charge in [-0.2, -0.15) is 0 Å². The number of hydrogen-bond acceptors (Lipinski definition) is 2. The van der Waals surface area contributed by atoms with Gasteiger partial charge in [0, 0.05) is 29.6 Å². The number of imidazole rings is 1. The predicted molar refractivity (Wildman–Crippen MR) is 87.4 cm³/mol. The standard InChI is InChI=1S/C16H13Cl2N3/c17-13-3-6-16(15(18)9-13)20-10-12-1-4-14(5-2-12)21-8-7-19-11-21/h1-9,11,20H,10H2. The van der Waals surface area contributed by atoms with Gasteiger partial charge in [0.15, 0.2) is 0 Å². The third kappa shape index (κ3) is 3.38. The van der Waals surface area contributed by atoms with Crippen LogP contribution in [0.5, 0.6) is 0 Å². The van der Waals surface area contributed by atoms with Crippen molar-refractivity contribution in [3.8, 4) is 5.69 Å². The minimum absolute atomic E-state index is 0.623. The average Bonchev–Trinajstić information content (AvgIpc) is 3.01. The summed E-state index contributed by atoms with van der Waals surface area (Å²) in [6, 6.07) is 13.7. The molecule has 0 bridgehead atoms. The van der Waals surface area contributed by atoms with Crippen LogP contribution >= 0.6 is 23.2 Å². The first kappa shape index (κ1) is 14.0. The molecule has 1 heterocycles. The lowest BCUT2D eigenvalue weighted by Gasteiger charge is -2.09. The van der Waals surface area contributed by atoms with E-state index in [1.165, 1.54) is 5.56 Å². The molecule has 0 saturated heterocycles. The largest absolute Gasteiger partial charge is 0.380 e. The summed E-state index contributed by atoms with van der Waals surface area (Å²) in [5, 5.41) is 4.56. The third-order valence-electron chi connectivity index (χ3n) is 3.15. The molecule has 0 aliphatic heterocycles. The summed E-state index contributed by atoms with van der Waals surface area (Å²) < 4.78 is 1.97. The second-order valence-electron chi connectivity index (χ2n) is 4.61. The molecule has 5 heteroatoms. The number of benzene rings is 2. The monoisotopic (exact) mass is 317 g/mol. The molecule has 0 spiro atoms. The maximum absolute atomic E-state index is 6.13. The maximum Gasteiger partial charge on any atom is 0.0991 e. The van der Waals surface area contributed by atoms with Crippen LogP contribution in [-0.2, 0) is 6.54 Å². The molecule has 106 valence electrons. The van der Waals surface area contributed by atoms with Gasteiger partial charge in [-0.3, -0.25) is 0 Å². The third-order valence-corrected chi connectivity index (χ3v) is 3.70. The number of anilines is 1. The summed E-state index contributed by atoms with van der Waals surface area (Å²) in [6.07, 6.45) is 5.46. The Labute approximate surface area is 133 Å². The van der Waals surface area contributed by atoms with Gasteiger partial charge in [0.05, 0.1) is 17.0 Å². The molecule has 3 nitrogen and oxygen atoms in total. The van der Waals surface area contributed by atoms with Crippen LogP contribution in [0.4, 0.5) is 5.69 Å². The highest BCUT2D eigenvalue weighted by molar-refractivity contribution is 6.36. The first-order valence-corrected chi connectivity index (χ1v) is 7.24. The van der Waals surface area contributed by atoms with E-state index in [4.69, 9.17) is 23.2 Å². The van der Waals surface area contributed by atoms with Crippen LogP contribution in [0, 0.1) is 0 Å². The summed E-state index contributed by atoms with van der Waals surface area (Å²) in [4.78, 5) is 4.04. The van der Waals surface area contributed by atoms with Gasteiger partial charge in [-0.15, -0.1) is 0 Å². The van der Waals surface area contributed by atoms with E-state index in [0.29, 0.717) is 16.6 Å². The molecule has 3 rings (SSSR count). The lowest BCUT2D eigenvalue weighted by molar-refractivity contribution is 1.05. The van der Waals surface area contributed by atoms with Gasteiger partial charge in [0.25, 0.3) is 0 Å². The Hall–Kier alpha value is -1.97. The fourth-order valence-corrected chi connectivity index (χ4v) is 2.50. The molecule has 0 aliphatic carbocycles. The van der Waals surface area contributed by atoms with Crippen molar-refractivity contribution in [3.63, 3.8) is 0 Å². The molecule has 0 unspecified atom stereocenters. The van der Waals surface area contributed by atoms with Gasteiger partial charge in [0.2, 0.25) is 0 Å². The zero-order chi connectivity index (χ0) is 14.7. The normalized spacial score (nSPS) is 10.6. The smallest absolute Gasteiger partial charge is 0.0991 e. The van der Waals surface area contributed by atoms with Crippen LogP contribution in [-0.4, -0.2) is 9.55 Å². The topological polar surface area (TPSA) is 29.9 Å². The van der Waals surface area contributed by atoms with Crippen LogP contribution in [0.2, 0.25) is 10.0 Å². The molecule has 0 aliphatic rings. The fraction of sp³-hybridized carbons (Fsp3) is 0.0625. The van der Waals surface area contributed by atoms with Crippen molar-refractivity contribution in [2.45, 2.75) is 6.54 Å². The van der Waals surface area contributed by atoms with Crippen molar-refractivity contribution in [2.75, 3.05) is 5.32 Å². The highest BCUT2D eigenvalue weighted by Gasteiger charge is 2.01. The van der Waals surface area contributed by atoms with Crippen molar-refractivity contribution in [1.82, 2.24) is 9.55 Å². The number of rotatable bonds is 4. The molecule has 0 saturated carbocycles. The molecular weight excluding hydrogens is 305 g/mol. The van der Waals surface area contributed by atoms with Crippen LogP contribution in [0.15, 0.2) is 61.2 Å². The lowest BCUT2D eigenvalue weighted by atomic mass is 10.2. The van der Waals surface area contributed by atoms with E-state index in [2.05, 4.69) is 34.6 Å². The average molecular weight is 318 g/mol. The minimum atomic E-state index is 0.623. The highest BCUT2D eigenvalue weighted by Crippen LogP contribution is 2.25. The van der Waals surface area contributed by atoms with E-state index in [1.807, 2.05) is 22.9 Å². The molecule has 21 heavy (non-hydrogen) atoms. The first-order valence-electron chi connectivity index (χ1n) is 6.48.